The first kappa shape index (κ1) is 20.6. The Bertz CT molecular complexity index is 1150. The lowest BCUT2D eigenvalue weighted by Crippen LogP contribution is -2.30. The first-order chi connectivity index (χ1) is 13.8. The van der Waals surface area contributed by atoms with Gasteiger partial charge in [0.25, 0.3) is 0 Å². The lowest BCUT2D eigenvalue weighted by molar-refractivity contribution is 0.0858. The highest BCUT2D eigenvalue weighted by Crippen LogP contribution is 2.49. The molecule has 1 aromatic carbocycles. The van der Waals surface area contributed by atoms with Crippen LogP contribution < -0.4 is 0 Å². The Morgan fingerprint density at radius 3 is 2.72 bits per heavy atom. The highest BCUT2D eigenvalue weighted by Gasteiger charge is 2.40. The van der Waals surface area contributed by atoms with E-state index in [-0.39, 0.29) is 5.76 Å². The van der Waals surface area contributed by atoms with E-state index < -0.39 is 20.3 Å². The zero-order chi connectivity index (χ0) is 20.9. The molecule has 0 amide bonds. The van der Waals surface area contributed by atoms with Crippen molar-refractivity contribution in [3.05, 3.63) is 62.9 Å². The molecule has 0 fully saturated rings. The van der Waals surface area contributed by atoms with Gasteiger partial charge in [0.15, 0.2) is 11.9 Å². The number of nitrogens with zero attached hydrogens (tertiary/aromatic N) is 2. The fourth-order valence-corrected chi connectivity index (χ4v) is 7.68. The molecule has 152 valence electrons. The van der Waals surface area contributed by atoms with Crippen LogP contribution in [0.5, 0.6) is 0 Å². The second-order valence-electron chi connectivity index (χ2n) is 7.37. The molecule has 0 aliphatic carbocycles. The Kier molecular flexibility index (Phi) is 5.36. The average Bonchev–Trinajstić information content (AvgIpc) is 3.11. The average molecular weight is 469 g/mol. The summed E-state index contributed by atoms with van der Waals surface area (Å²) < 4.78 is 11.7. The fraction of sp³-hybridized carbons (Fsp3) is 0.300. The molecule has 0 saturated heterocycles. The third kappa shape index (κ3) is 3.24. The molecule has 0 spiro atoms. The summed E-state index contributed by atoms with van der Waals surface area (Å²) in [5.41, 5.74) is 3.32. The number of rotatable bonds is 2. The standard InChI is InChI=1S/C20H18Cl2N2O3S2/c1-10-9-14(27-24-10)15-13(21)7-6-11(16(15)22)19-18(25)17-12(5-4-8-23-17)20(2,3)29(19)28-26/h4-8,14,25H,9H2,1-3H3. The van der Waals surface area contributed by atoms with Crippen LogP contribution in [0.2, 0.25) is 10.0 Å². The van der Waals surface area contributed by atoms with Crippen molar-refractivity contribution in [3.63, 3.8) is 0 Å². The van der Waals surface area contributed by atoms with Crippen molar-refractivity contribution in [2.75, 3.05) is 0 Å². The van der Waals surface area contributed by atoms with Crippen LogP contribution >= 0.6 is 23.2 Å². The maximum atomic E-state index is 12.3. The number of hydrogen-bond acceptors (Lipinski definition) is 5. The lowest BCUT2D eigenvalue weighted by Gasteiger charge is -2.35. The third-order valence-electron chi connectivity index (χ3n) is 5.12. The van der Waals surface area contributed by atoms with Gasteiger partial charge in [0.2, 0.25) is 0 Å². The van der Waals surface area contributed by atoms with Crippen molar-refractivity contribution < 1.29 is 14.2 Å². The van der Waals surface area contributed by atoms with Gasteiger partial charge in [0.1, 0.15) is 15.9 Å². The number of halogens is 2. The van der Waals surface area contributed by atoms with E-state index in [1.165, 1.54) is 0 Å². The van der Waals surface area contributed by atoms with Crippen LogP contribution in [-0.4, -0.2) is 20.0 Å². The van der Waals surface area contributed by atoms with Gasteiger partial charge in [-0.1, -0.05) is 40.5 Å². The number of pyridine rings is 1. The van der Waals surface area contributed by atoms with Crippen LogP contribution in [0.3, 0.4) is 0 Å². The van der Waals surface area contributed by atoms with E-state index >= 15 is 0 Å². The van der Waals surface area contributed by atoms with E-state index in [2.05, 4.69) is 10.1 Å². The van der Waals surface area contributed by atoms with Crippen molar-refractivity contribution in [1.82, 2.24) is 4.98 Å². The molecule has 0 bridgehead atoms. The van der Waals surface area contributed by atoms with Crippen molar-refractivity contribution in [2.45, 2.75) is 38.0 Å². The SMILES string of the molecule is CC1=NOC(c2c(Cl)ccc(C3=C(O)c4ncccc4C(C)(C)S3=S=O)c2Cl)C1. The highest BCUT2D eigenvalue weighted by atomic mass is 35.5. The molecule has 5 nitrogen and oxygen atoms in total. The van der Waals surface area contributed by atoms with Crippen LogP contribution in [0, 0.1) is 0 Å². The molecule has 4 rings (SSSR count). The van der Waals surface area contributed by atoms with E-state index in [1.54, 1.807) is 18.3 Å². The first-order valence-electron chi connectivity index (χ1n) is 8.88. The summed E-state index contributed by atoms with van der Waals surface area (Å²) in [6, 6.07) is 7.16. The Balaban J connectivity index is 1.98. The fourth-order valence-electron chi connectivity index (χ4n) is 3.67. The van der Waals surface area contributed by atoms with Crippen molar-refractivity contribution in [1.29, 1.82) is 0 Å². The number of hydrogen-bond donors (Lipinski definition) is 1. The Morgan fingerprint density at radius 1 is 1.31 bits per heavy atom. The molecule has 2 aliphatic heterocycles. The lowest BCUT2D eigenvalue weighted by atomic mass is 9.97. The Labute approximate surface area is 184 Å². The monoisotopic (exact) mass is 468 g/mol. The van der Waals surface area contributed by atoms with Crippen LogP contribution in [-0.2, 0) is 29.3 Å². The summed E-state index contributed by atoms with van der Waals surface area (Å²) >= 11 is 13.2. The van der Waals surface area contributed by atoms with Crippen LogP contribution in [0.25, 0.3) is 10.7 Å². The minimum absolute atomic E-state index is 0.0263. The normalized spacial score (nSPS) is 22.7. The number of aromatic nitrogens is 1. The number of fused-ring (bicyclic) bond motifs is 1. The topological polar surface area (TPSA) is 71.8 Å². The summed E-state index contributed by atoms with van der Waals surface area (Å²) in [5.74, 6) is -0.0263. The van der Waals surface area contributed by atoms with Gasteiger partial charge in [-0.3, -0.25) is 4.98 Å². The molecule has 9 heteroatoms. The van der Waals surface area contributed by atoms with Gasteiger partial charge in [-0.2, -0.15) is 0 Å². The summed E-state index contributed by atoms with van der Waals surface area (Å²) in [6.45, 7) is 5.84. The van der Waals surface area contributed by atoms with Crippen molar-refractivity contribution in [2.24, 2.45) is 5.16 Å². The largest absolute Gasteiger partial charge is 0.505 e. The summed E-state index contributed by atoms with van der Waals surface area (Å²) in [4.78, 5) is 10.4. The molecule has 2 aliphatic rings. The van der Waals surface area contributed by atoms with E-state index in [1.807, 2.05) is 32.9 Å². The smallest absolute Gasteiger partial charge is 0.160 e. The van der Waals surface area contributed by atoms with Gasteiger partial charge in [0, 0.05) is 33.5 Å². The molecule has 2 aromatic rings. The molecule has 0 saturated carbocycles. The predicted octanol–water partition coefficient (Wildman–Crippen LogP) is 5.60. The molecular weight excluding hydrogens is 451 g/mol. The molecule has 29 heavy (non-hydrogen) atoms. The van der Waals surface area contributed by atoms with Gasteiger partial charge >= 0.3 is 0 Å². The Hall–Kier alpha value is -1.67. The molecule has 2 unspecified atom stereocenters. The second kappa shape index (κ2) is 7.54. The van der Waals surface area contributed by atoms with Gasteiger partial charge in [-0.15, -0.1) is 0 Å². The van der Waals surface area contributed by atoms with Crippen LogP contribution in [0.1, 0.15) is 55.7 Å². The molecule has 0 radical (unpaired) electrons. The van der Waals surface area contributed by atoms with Gasteiger partial charge < -0.3 is 9.94 Å². The maximum absolute atomic E-state index is 12.3. The number of benzene rings is 1. The summed E-state index contributed by atoms with van der Waals surface area (Å²) in [5, 5.41) is 15.9. The first-order valence-corrected chi connectivity index (χ1v) is 12.1. The number of aliphatic hydroxyl groups excluding tert-OH is 1. The van der Waals surface area contributed by atoms with Crippen molar-refractivity contribution >= 4 is 59.3 Å². The van der Waals surface area contributed by atoms with E-state index in [4.69, 9.17) is 28.0 Å². The summed E-state index contributed by atoms with van der Waals surface area (Å²) in [7, 11) is -0.461. The van der Waals surface area contributed by atoms with Gasteiger partial charge in [0.05, 0.1) is 15.6 Å². The van der Waals surface area contributed by atoms with Gasteiger partial charge in [-0.05, 0) is 47.9 Å². The third-order valence-corrected chi connectivity index (χ3v) is 10.1. The zero-order valence-corrected chi connectivity index (χ0v) is 19.0. The zero-order valence-electron chi connectivity index (χ0n) is 15.9. The van der Waals surface area contributed by atoms with Crippen LogP contribution in [0.4, 0.5) is 0 Å². The molecule has 1 N–H and O–H groups in total. The van der Waals surface area contributed by atoms with E-state index in [0.29, 0.717) is 48.4 Å². The molecule has 3 heterocycles. The quantitative estimate of drug-likeness (QED) is 0.621. The van der Waals surface area contributed by atoms with E-state index in [9.17, 15) is 9.32 Å². The minimum atomic E-state index is -0.922. The molecular formula is C20H18Cl2N2O3S2. The maximum Gasteiger partial charge on any atom is 0.160 e. The molecule has 1 aromatic heterocycles. The van der Waals surface area contributed by atoms with Gasteiger partial charge in [-0.25, -0.2) is 4.21 Å². The minimum Gasteiger partial charge on any atom is -0.505 e. The Morgan fingerprint density at radius 2 is 2.07 bits per heavy atom. The predicted molar refractivity (Wildman–Crippen MR) is 120 cm³/mol. The number of aliphatic hydroxyl groups is 1. The highest BCUT2D eigenvalue weighted by molar-refractivity contribution is 8.36. The molecule has 2 atom stereocenters. The number of oxime groups is 1. The van der Waals surface area contributed by atoms with Crippen LogP contribution in [0.15, 0.2) is 35.6 Å². The van der Waals surface area contributed by atoms with E-state index in [0.717, 1.165) is 11.3 Å². The summed E-state index contributed by atoms with van der Waals surface area (Å²) in [6.07, 6.45) is 1.80. The second-order valence-corrected chi connectivity index (χ2v) is 11.7. The van der Waals surface area contributed by atoms with Crippen molar-refractivity contribution in [3.8, 4) is 0 Å².